The summed E-state index contributed by atoms with van der Waals surface area (Å²) in [4.78, 5) is 5.85. The first-order valence-corrected chi connectivity index (χ1v) is 9.81. The number of azide groups is 1. The van der Waals surface area contributed by atoms with E-state index >= 15 is 0 Å². The maximum absolute atomic E-state index is 8.87. The van der Waals surface area contributed by atoms with Gasteiger partial charge in [0.05, 0.1) is 0 Å². The Labute approximate surface area is 114 Å². The van der Waals surface area contributed by atoms with Gasteiger partial charge < -0.3 is 0 Å². The van der Waals surface area contributed by atoms with Crippen LogP contribution in [-0.2, 0) is 0 Å². The Morgan fingerprint density at radius 1 is 0.684 bits per heavy atom. The summed E-state index contributed by atoms with van der Waals surface area (Å²) >= 11 is -3.77. The van der Waals surface area contributed by atoms with Crippen molar-refractivity contribution in [2.45, 2.75) is 0 Å². The first kappa shape index (κ1) is 13.3. The van der Waals surface area contributed by atoms with E-state index in [-0.39, 0.29) is 0 Å². The summed E-state index contributed by atoms with van der Waals surface area (Å²) in [6, 6.07) is 18.5. The van der Waals surface area contributed by atoms with E-state index in [9.17, 15) is 0 Å². The zero-order valence-electron chi connectivity index (χ0n) is 9.87. The molecule has 0 radical (unpaired) electrons. The molecule has 94 valence electrons. The predicted molar refractivity (Wildman–Crippen MR) is 76.2 cm³/mol. The van der Waals surface area contributed by atoms with Gasteiger partial charge in [0.25, 0.3) is 0 Å². The summed E-state index contributed by atoms with van der Waals surface area (Å²) in [5.74, 6) is 0. The molecule has 0 aliphatic rings. The van der Waals surface area contributed by atoms with Crippen molar-refractivity contribution in [1.82, 2.24) is 0 Å². The second-order valence-corrected chi connectivity index (χ2v) is 10.3. The molecule has 0 N–H and O–H groups in total. The number of rotatable bonds is 4. The topological polar surface area (TPSA) is 97.5 Å². The average molecular weight is 366 g/mol. The molecule has 0 atom stereocenters. The van der Waals surface area contributed by atoms with Crippen molar-refractivity contribution in [2.24, 2.45) is 6.73 Å². The van der Waals surface area contributed by atoms with Crippen molar-refractivity contribution >= 4 is 25.9 Å². The monoisotopic (exact) mass is 368 g/mol. The van der Waals surface area contributed by atoms with Crippen LogP contribution in [0.25, 0.3) is 20.9 Å². The average Bonchev–Trinajstić information content (AvgIpc) is 2.49. The molecule has 0 aromatic heterocycles. The molecule has 0 saturated heterocycles. The van der Waals surface area contributed by atoms with Gasteiger partial charge in [-0.2, -0.15) is 0 Å². The fraction of sp³-hybridized carbons (Fsp3) is 0. The molecule has 2 aromatic carbocycles. The molecule has 0 bridgehead atoms. The first-order valence-electron chi connectivity index (χ1n) is 5.39. The fourth-order valence-electron chi connectivity index (χ4n) is 1.67. The second-order valence-electron chi connectivity index (χ2n) is 3.52. The van der Waals surface area contributed by atoms with Crippen LogP contribution in [0, 0.1) is 0 Å². The third-order valence-corrected chi connectivity index (χ3v) is 9.52. The molecule has 7 heteroatoms. The van der Waals surface area contributed by atoms with E-state index < -0.39 is 18.7 Å². The van der Waals surface area contributed by atoms with Gasteiger partial charge in [-0.3, -0.25) is 0 Å². The summed E-state index contributed by atoms with van der Waals surface area (Å²) in [6.45, 7) is 0. The van der Waals surface area contributed by atoms with E-state index in [0.29, 0.717) is 0 Å². The van der Waals surface area contributed by atoms with Gasteiger partial charge in [-0.25, -0.2) is 0 Å². The predicted octanol–water partition coefficient (Wildman–Crippen LogP) is 2.86. The molecule has 0 fully saturated rings. The van der Waals surface area contributed by atoms with Gasteiger partial charge >= 0.3 is 114 Å². The maximum atomic E-state index is 8.87. The Kier molecular flexibility index (Phi) is 4.30. The van der Waals surface area contributed by atoms with E-state index in [0.717, 1.165) is 7.22 Å². The van der Waals surface area contributed by atoms with Crippen molar-refractivity contribution in [3.05, 3.63) is 81.5 Å². The van der Waals surface area contributed by atoms with E-state index in [1.54, 1.807) is 0 Å². The van der Waals surface area contributed by atoms with E-state index in [1.165, 1.54) is 0 Å². The first-order chi connectivity index (χ1) is 9.33. The van der Waals surface area contributed by atoms with Gasteiger partial charge in [0.1, 0.15) is 0 Å². The molecular weight excluding hydrogens is 356 g/mol. The van der Waals surface area contributed by atoms with E-state index in [1.807, 2.05) is 60.7 Å². The van der Waals surface area contributed by atoms with Crippen LogP contribution in [0.15, 0.2) is 67.4 Å². The Morgan fingerprint density at radius 2 is 1.05 bits per heavy atom. The molecule has 2 rings (SSSR count). The third-order valence-electron chi connectivity index (χ3n) is 2.45. The molecule has 2 aromatic rings. The minimum absolute atomic E-state index is 0.812. The van der Waals surface area contributed by atoms with Crippen molar-refractivity contribution < 1.29 is 0 Å². The van der Waals surface area contributed by atoms with Crippen LogP contribution in [0.4, 0.5) is 0 Å². The Hall–Kier alpha value is -2.15. The second kappa shape index (κ2) is 6.14. The van der Waals surface area contributed by atoms with Gasteiger partial charge in [-0.05, 0) is 0 Å². The summed E-state index contributed by atoms with van der Waals surface area (Å²) < 4.78 is 9.50. The van der Waals surface area contributed by atoms with Crippen molar-refractivity contribution in [3.63, 3.8) is 0 Å². The zero-order chi connectivity index (χ0) is 13.6. The fourth-order valence-corrected chi connectivity index (χ4v) is 7.28. The van der Waals surface area contributed by atoms with Crippen LogP contribution in [0.3, 0.4) is 0 Å². The molecule has 19 heavy (non-hydrogen) atoms. The minimum atomic E-state index is -3.77. The standard InChI is InChI=1S/C12H10N6Te/c13-15-17-19(18-16-14,11-7-3-1-4-8-11)12-9-5-2-6-10-12/h1-10H. The number of hydrogen-bond acceptors (Lipinski definition) is 2. The van der Waals surface area contributed by atoms with Gasteiger partial charge in [-0.15, -0.1) is 0 Å². The van der Waals surface area contributed by atoms with Crippen LogP contribution in [0.2, 0.25) is 0 Å². The molecule has 6 nitrogen and oxygen atoms in total. The van der Waals surface area contributed by atoms with Crippen LogP contribution in [0.1, 0.15) is 0 Å². The van der Waals surface area contributed by atoms with Crippen molar-refractivity contribution in [1.29, 1.82) is 0 Å². The summed E-state index contributed by atoms with van der Waals surface area (Å²) in [5, 5.41) is 0. The van der Waals surface area contributed by atoms with Gasteiger partial charge in [0, 0.05) is 0 Å². The van der Waals surface area contributed by atoms with Crippen molar-refractivity contribution in [3.8, 4) is 0 Å². The van der Waals surface area contributed by atoms with Crippen LogP contribution in [0.5, 0.6) is 0 Å². The normalized spacial score (nSPS) is 10.9. The van der Waals surface area contributed by atoms with Crippen molar-refractivity contribution in [2.75, 3.05) is 0 Å². The Bertz CT molecular complexity index is 585. The summed E-state index contributed by atoms with van der Waals surface area (Å²) in [5.41, 5.74) is 17.7. The molecule has 0 saturated carbocycles. The van der Waals surface area contributed by atoms with Crippen LogP contribution in [-0.4, -0.2) is 18.7 Å². The molecule has 0 spiro atoms. The molecule has 0 heterocycles. The molecule has 0 aliphatic heterocycles. The quantitative estimate of drug-likeness (QED) is 0.344. The van der Waals surface area contributed by atoms with Crippen LogP contribution >= 0.6 is 0 Å². The van der Waals surface area contributed by atoms with E-state index in [2.05, 4.69) is 16.6 Å². The zero-order valence-corrected chi connectivity index (χ0v) is 12.2. The van der Waals surface area contributed by atoms with Gasteiger partial charge in [0.15, 0.2) is 0 Å². The summed E-state index contributed by atoms with van der Waals surface area (Å²) in [6.07, 6.45) is 0. The SMILES string of the molecule is [N-]=[N+]=N[Te](N=[N+]=[N-])(c1ccccc1)c1ccccc1. The van der Waals surface area contributed by atoms with Crippen LogP contribution < -0.4 is 7.22 Å². The molecular formula is C12H10N6Te. The number of benzene rings is 2. The number of hydrogen-bond donors (Lipinski definition) is 0. The summed E-state index contributed by atoms with van der Waals surface area (Å²) in [7, 11) is 0. The molecule has 0 unspecified atom stereocenters. The van der Waals surface area contributed by atoms with E-state index in [4.69, 9.17) is 11.1 Å². The Morgan fingerprint density at radius 3 is 1.37 bits per heavy atom. The van der Waals surface area contributed by atoms with Gasteiger partial charge in [-0.1, -0.05) is 0 Å². The van der Waals surface area contributed by atoms with Gasteiger partial charge in [0.2, 0.25) is 0 Å². The molecule has 0 aliphatic carbocycles. The Balaban J connectivity index is 2.75. The number of nitrogens with zero attached hydrogens (tertiary/aromatic N) is 6. The molecule has 0 amide bonds. The third kappa shape index (κ3) is 2.65.